The number of benzene rings is 2. The molecule has 0 spiro atoms. The molecule has 0 aliphatic carbocycles. The summed E-state index contributed by atoms with van der Waals surface area (Å²) >= 11 is 35.9. The monoisotopic (exact) mass is 532 g/mol. The first-order chi connectivity index (χ1) is 13.6. The molecule has 29 heavy (non-hydrogen) atoms. The van der Waals surface area contributed by atoms with Gasteiger partial charge in [0.05, 0.1) is 38.3 Å². The van der Waals surface area contributed by atoms with E-state index in [2.05, 4.69) is 5.32 Å². The molecule has 0 amide bonds. The highest BCUT2D eigenvalue weighted by Gasteiger charge is 2.29. The summed E-state index contributed by atoms with van der Waals surface area (Å²) in [4.78, 5) is 0.0799. The van der Waals surface area contributed by atoms with Crippen molar-refractivity contribution in [2.75, 3.05) is 31.6 Å². The molecule has 0 unspecified atom stereocenters. The average molecular weight is 535 g/mol. The van der Waals surface area contributed by atoms with Crippen molar-refractivity contribution in [3.05, 3.63) is 54.9 Å². The number of rotatable bonds is 4. The Morgan fingerprint density at radius 3 is 2.10 bits per heavy atom. The number of ether oxygens (including phenoxy) is 1. The van der Waals surface area contributed by atoms with Crippen molar-refractivity contribution in [2.24, 2.45) is 0 Å². The summed E-state index contributed by atoms with van der Waals surface area (Å²) in [5.41, 5.74) is 0.762. The number of nitrogens with one attached hydrogen (secondary N) is 1. The maximum atomic E-state index is 13.0. The highest BCUT2D eigenvalue weighted by molar-refractivity contribution is 7.89. The van der Waals surface area contributed by atoms with Gasteiger partial charge >= 0.3 is 0 Å². The van der Waals surface area contributed by atoms with Crippen LogP contribution in [0.4, 0.5) is 5.69 Å². The summed E-state index contributed by atoms with van der Waals surface area (Å²) in [7, 11) is -3.84. The fraction of sp³-hybridized carbons (Fsp3) is 0.235. The van der Waals surface area contributed by atoms with Crippen molar-refractivity contribution in [2.45, 2.75) is 4.90 Å². The van der Waals surface area contributed by atoms with E-state index in [-0.39, 0.29) is 48.1 Å². The Labute approximate surface area is 198 Å². The molecule has 0 saturated carbocycles. The van der Waals surface area contributed by atoms with Crippen LogP contribution in [0.2, 0.25) is 25.1 Å². The summed E-state index contributed by atoms with van der Waals surface area (Å²) in [6, 6.07) is 5.78. The first-order valence-corrected chi connectivity index (χ1v) is 11.9. The standard InChI is InChI=1S/C17H13Cl5N2O3S2/c18-11-8-12(19)15(29(25,26)24-1-3-27-4-2-24)7-10(11)17(28)23-9-5-13(20)16(22)14(21)6-9/h5-8H,1-4H2,(H,23,28). The number of morpholine rings is 1. The molecule has 1 fully saturated rings. The van der Waals surface area contributed by atoms with Gasteiger partial charge in [-0.15, -0.1) is 0 Å². The molecule has 12 heteroatoms. The molecule has 1 N–H and O–H groups in total. The van der Waals surface area contributed by atoms with E-state index in [1.807, 2.05) is 0 Å². The van der Waals surface area contributed by atoms with Crippen LogP contribution in [0.1, 0.15) is 5.56 Å². The molecule has 1 saturated heterocycles. The lowest BCUT2D eigenvalue weighted by atomic mass is 10.2. The van der Waals surface area contributed by atoms with Gasteiger partial charge in [-0.2, -0.15) is 4.31 Å². The zero-order chi connectivity index (χ0) is 21.3. The molecular weight excluding hydrogens is 522 g/mol. The Hall–Kier alpha value is -0.350. The van der Waals surface area contributed by atoms with Crippen LogP contribution in [0.15, 0.2) is 29.2 Å². The van der Waals surface area contributed by atoms with Crippen molar-refractivity contribution in [3.63, 3.8) is 0 Å². The lowest BCUT2D eigenvalue weighted by molar-refractivity contribution is 0.0730. The van der Waals surface area contributed by atoms with E-state index >= 15 is 0 Å². The van der Waals surface area contributed by atoms with Crippen LogP contribution in [-0.4, -0.2) is 44.0 Å². The Kier molecular flexibility index (Phi) is 7.58. The van der Waals surface area contributed by atoms with Gasteiger partial charge in [0.15, 0.2) is 0 Å². The fourth-order valence-electron chi connectivity index (χ4n) is 2.65. The minimum atomic E-state index is -3.84. The number of halogens is 5. The summed E-state index contributed by atoms with van der Waals surface area (Å²) < 4.78 is 32.5. The quantitative estimate of drug-likeness (QED) is 0.399. The van der Waals surface area contributed by atoms with Gasteiger partial charge in [0.1, 0.15) is 9.88 Å². The number of anilines is 1. The molecule has 1 heterocycles. The molecule has 156 valence electrons. The zero-order valence-corrected chi connectivity index (χ0v) is 19.9. The summed E-state index contributed by atoms with van der Waals surface area (Å²) in [5, 5.41) is 3.83. The van der Waals surface area contributed by atoms with Gasteiger partial charge in [-0.3, -0.25) is 0 Å². The van der Waals surface area contributed by atoms with Gasteiger partial charge in [0.2, 0.25) is 10.0 Å². The second-order valence-corrected chi connectivity index (χ2v) is 10.3. The van der Waals surface area contributed by atoms with E-state index in [1.165, 1.54) is 28.6 Å². The predicted octanol–water partition coefficient (Wildman–Crippen LogP) is 5.76. The molecule has 3 rings (SSSR count). The molecule has 2 aromatic rings. The summed E-state index contributed by atoms with van der Waals surface area (Å²) in [5.74, 6) is 0. The zero-order valence-electron chi connectivity index (χ0n) is 14.5. The largest absolute Gasteiger partial charge is 0.379 e. The van der Waals surface area contributed by atoms with Gasteiger partial charge in [-0.1, -0.05) is 70.2 Å². The molecule has 0 atom stereocenters. The lowest BCUT2D eigenvalue weighted by Crippen LogP contribution is -2.40. The average Bonchev–Trinajstić information content (AvgIpc) is 2.66. The third kappa shape index (κ3) is 5.11. The van der Waals surface area contributed by atoms with E-state index in [9.17, 15) is 8.42 Å². The van der Waals surface area contributed by atoms with E-state index in [1.54, 1.807) is 0 Å². The number of hydrogen-bond acceptors (Lipinski definition) is 4. The van der Waals surface area contributed by atoms with Crippen molar-refractivity contribution in [1.29, 1.82) is 0 Å². The Morgan fingerprint density at radius 1 is 0.931 bits per heavy atom. The SMILES string of the molecule is O=S(=O)(c1cc(C(=S)Nc2cc(Cl)c(Cl)c(Cl)c2)c(Cl)cc1Cl)N1CCOCC1. The number of sulfonamides is 1. The van der Waals surface area contributed by atoms with Gasteiger partial charge in [-0.05, 0) is 24.3 Å². The molecule has 1 aliphatic rings. The van der Waals surface area contributed by atoms with Crippen LogP contribution >= 0.6 is 70.2 Å². The Balaban J connectivity index is 1.96. The maximum Gasteiger partial charge on any atom is 0.244 e. The molecule has 2 aromatic carbocycles. The van der Waals surface area contributed by atoms with E-state index < -0.39 is 10.0 Å². The third-order valence-corrected chi connectivity index (χ3v) is 8.29. The molecule has 1 aliphatic heterocycles. The molecule has 0 aromatic heterocycles. The van der Waals surface area contributed by atoms with Crippen LogP contribution in [0.25, 0.3) is 0 Å². The van der Waals surface area contributed by atoms with Gasteiger partial charge in [-0.25, -0.2) is 8.42 Å². The van der Waals surface area contributed by atoms with Crippen LogP contribution in [0, 0.1) is 0 Å². The Bertz CT molecular complexity index is 1050. The second-order valence-electron chi connectivity index (χ2n) is 5.99. The van der Waals surface area contributed by atoms with Crippen LogP contribution in [0.5, 0.6) is 0 Å². The lowest BCUT2D eigenvalue weighted by Gasteiger charge is -2.26. The van der Waals surface area contributed by atoms with E-state index in [0.29, 0.717) is 24.5 Å². The fourth-order valence-corrected chi connectivity index (χ4v) is 5.84. The maximum absolute atomic E-state index is 13.0. The summed E-state index contributed by atoms with van der Waals surface area (Å²) in [6.45, 7) is 1.10. The first-order valence-electron chi connectivity index (χ1n) is 8.14. The molecule has 0 radical (unpaired) electrons. The predicted molar refractivity (Wildman–Crippen MR) is 123 cm³/mol. The first kappa shape index (κ1) is 23.3. The van der Waals surface area contributed by atoms with Crippen LogP contribution in [-0.2, 0) is 14.8 Å². The van der Waals surface area contributed by atoms with Crippen molar-refractivity contribution in [1.82, 2.24) is 4.31 Å². The van der Waals surface area contributed by atoms with E-state index in [4.69, 9.17) is 75.0 Å². The van der Waals surface area contributed by atoms with Gasteiger partial charge in [0.25, 0.3) is 0 Å². The van der Waals surface area contributed by atoms with Crippen molar-refractivity contribution < 1.29 is 13.2 Å². The van der Waals surface area contributed by atoms with Crippen LogP contribution < -0.4 is 5.32 Å². The summed E-state index contributed by atoms with van der Waals surface area (Å²) in [6.07, 6.45) is 0. The van der Waals surface area contributed by atoms with Gasteiger partial charge in [0, 0.05) is 24.3 Å². The van der Waals surface area contributed by atoms with E-state index in [0.717, 1.165) is 0 Å². The third-order valence-electron chi connectivity index (χ3n) is 4.10. The van der Waals surface area contributed by atoms with Crippen molar-refractivity contribution in [3.8, 4) is 0 Å². The van der Waals surface area contributed by atoms with Gasteiger partial charge < -0.3 is 10.1 Å². The second kappa shape index (κ2) is 9.42. The van der Waals surface area contributed by atoms with Crippen molar-refractivity contribution >= 4 is 90.9 Å². The molecule has 0 bridgehead atoms. The normalized spacial score (nSPS) is 15.3. The van der Waals surface area contributed by atoms with Crippen LogP contribution in [0.3, 0.4) is 0 Å². The molecular formula is C17H13Cl5N2O3S2. The molecule has 5 nitrogen and oxygen atoms in total. The smallest absolute Gasteiger partial charge is 0.244 e. The Morgan fingerprint density at radius 2 is 1.52 bits per heavy atom. The number of nitrogens with zero attached hydrogens (tertiary/aromatic N) is 1. The highest BCUT2D eigenvalue weighted by atomic mass is 35.5. The highest BCUT2D eigenvalue weighted by Crippen LogP contribution is 2.35. The minimum Gasteiger partial charge on any atom is -0.379 e. The topological polar surface area (TPSA) is 58.6 Å². The number of thiocarbonyl (C=S) groups is 1. The minimum absolute atomic E-state index is 0.00521. The number of hydrogen-bond donors (Lipinski definition) is 1.